The zero-order chi connectivity index (χ0) is 20.7. The minimum absolute atomic E-state index is 0. The summed E-state index contributed by atoms with van der Waals surface area (Å²) >= 11 is 0. The third-order valence-electron chi connectivity index (χ3n) is 4.59. The Morgan fingerprint density at radius 1 is 0.964 bits per heavy atom. The molecule has 0 aliphatic heterocycles. The van der Waals surface area contributed by atoms with Gasteiger partial charge in [-0.25, -0.2) is 8.42 Å². The standard InChI is InChI=1S/C19H41NO6S.Na/c1-4-5-6-7-8-9-10-11-12-13-14-26-16-18(22)15-20(3)19(17(2)21)27(23,24)25;/h17-19,21-22H,4-16H2,1-3H3,(H,23,24,25);/q;+1/p-1. The SMILES string of the molecule is CCCCCCCCCCCCOCC(O)CN(C)C(C(C)O)S(=O)(=O)[O-].[Na+]. The second kappa shape index (κ2) is 18.5. The van der Waals surface area contributed by atoms with Gasteiger partial charge in [0.25, 0.3) is 0 Å². The summed E-state index contributed by atoms with van der Waals surface area (Å²) in [7, 11) is -3.29. The number of nitrogens with zero attached hydrogens (tertiary/aromatic N) is 1. The largest absolute Gasteiger partial charge is 1.00 e. The Balaban J connectivity index is 0. The van der Waals surface area contributed by atoms with Crippen molar-refractivity contribution < 1.29 is 57.5 Å². The number of ether oxygens (including phenoxy) is 1. The average molecular weight is 434 g/mol. The van der Waals surface area contributed by atoms with Crippen LogP contribution in [0.4, 0.5) is 0 Å². The van der Waals surface area contributed by atoms with E-state index >= 15 is 0 Å². The summed E-state index contributed by atoms with van der Waals surface area (Å²) in [6.07, 6.45) is 10.2. The fourth-order valence-corrected chi connectivity index (χ4v) is 4.24. The first kappa shape index (κ1) is 30.9. The van der Waals surface area contributed by atoms with Gasteiger partial charge in [0.1, 0.15) is 15.5 Å². The Morgan fingerprint density at radius 2 is 1.43 bits per heavy atom. The molecule has 3 unspecified atom stereocenters. The Labute approximate surface area is 194 Å². The number of hydrogen-bond acceptors (Lipinski definition) is 7. The molecular weight excluding hydrogens is 393 g/mol. The molecule has 0 heterocycles. The van der Waals surface area contributed by atoms with Crippen LogP contribution in [0.1, 0.15) is 78.1 Å². The average Bonchev–Trinajstić information content (AvgIpc) is 2.54. The molecule has 0 amide bonds. The van der Waals surface area contributed by atoms with Crippen molar-refractivity contribution in [3.05, 3.63) is 0 Å². The Bertz CT molecular complexity index is 450. The summed E-state index contributed by atoms with van der Waals surface area (Å²) in [6, 6.07) is 0. The minimum Gasteiger partial charge on any atom is -0.747 e. The second-order valence-electron chi connectivity index (χ2n) is 7.47. The fourth-order valence-electron chi connectivity index (χ4n) is 3.23. The first-order valence-electron chi connectivity index (χ1n) is 10.3. The summed E-state index contributed by atoms with van der Waals surface area (Å²) in [5, 5.41) is 17.8. The van der Waals surface area contributed by atoms with Crippen LogP contribution in [0.3, 0.4) is 0 Å². The predicted octanol–water partition coefficient (Wildman–Crippen LogP) is -0.527. The molecule has 0 aliphatic rings. The molecule has 164 valence electrons. The van der Waals surface area contributed by atoms with E-state index in [4.69, 9.17) is 4.74 Å². The van der Waals surface area contributed by atoms with Gasteiger partial charge in [-0.05, 0) is 20.4 Å². The first-order chi connectivity index (χ1) is 12.7. The summed E-state index contributed by atoms with van der Waals surface area (Å²) in [4.78, 5) is 1.15. The zero-order valence-electron chi connectivity index (χ0n) is 18.3. The van der Waals surface area contributed by atoms with Crippen LogP contribution >= 0.6 is 0 Å². The Kier molecular flexibility index (Phi) is 20.5. The van der Waals surface area contributed by atoms with Gasteiger partial charge >= 0.3 is 29.6 Å². The molecule has 0 aromatic rings. The molecule has 28 heavy (non-hydrogen) atoms. The third kappa shape index (κ3) is 16.5. The number of hydrogen-bond donors (Lipinski definition) is 2. The van der Waals surface area contributed by atoms with Crippen LogP contribution in [0.2, 0.25) is 0 Å². The molecule has 0 aromatic carbocycles. The van der Waals surface area contributed by atoms with Crippen LogP contribution in [0.15, 0.2) is 0 Å². The molecule has 0 bridgehead atoms. The molecule has 7 nitrogen and oxygen atoms in total. The van der Waals surface area contributed by atoms with Gasteiger partial charge in [-0.3, -0.25) is 4.90 Å². The number of aliphatic hydroxyl groups excluding tert-OH is 2. The Morgan fingerprint density at radius 3 is 1.86 bits per heavy atom. The van der Waals surface area contributed by atoms with Gasteiger partial charge in [-0.2, -0.15) is 0 Å². The van der Waals surface area contributed by atoms with E-state index in [0.717, 1.165) is 17.7 Å². The molecule has 2 N–H and O–H groups in total. The number of rotatable bonds is 18. The topological polar surface area (TPSA) is 110 Å². The molecule has 0 saturated carbocycles. The van der Waals surface area contributed by atoms with Crippen LogP contribution < -0.4 is 29.6 Å². The molecule has 0 spiro atoms. The maximum absolute atomic E-state index is 11.2. The monoisotopic (exact) mass is 433 g/mol. The van der Waals surface area contributed by atoms with E-state index in [9.17, 15) is 23.2 Å². The molecule has 0 radical (unpaired) electrons. The quantitative estimate of drug-likeness (QED) is 0.170. The van der Waals surface area contributed by atoms with Crippen LogP contribution in [0, 0.1) is 0 Å². The van der Waals surface area contributed by atoms with Crippen LogP contribution in [-0.4, -0.2) is 72.5 Å². The molecule has 0 aliphatic carbocycles. The van der Waals surface area contributed by atoms with Crippen LogP contribution in [0.25, 0.3) is 0 Å². The second-order valence-corrected chi connectivity index (χ2v) is 8.94. The van der Waals surface area contributed by atoms with Crippen molar-refractivity contribution in [2.24, 2.45) is 0 Å². The molecule has 0 rings (SSSR count). The summed E-state index contributed by atoms with van der Waals surface area (Å²) < 4.78 is 39.0. The fraction of sp³-hybridized carbons (Fsp3) is 1.00. The zero-order valence-corrected chi connectivity index (χ0v) is 21.1. The molecule has 0 aromatic heterocycles. The normalized spacial score (nSPS) is 15.2. The molecule has 0 fully saturated rings. The third-order valence-corrected chi connectivity index (χ3v) is 5.94. The maximum Gasteiger partial charge on any atom is 1.00 e. The predicted molar refractivity (Wildman–Crippen MR) is 106 cm³/mol. The maximum atomic E-state index is 11.2. The van der Waals surface area contributed by atoms with E-state index in [1.807, 2.05) is 0 Å². The van der Waals surface area contributed by atoms with Gasteiger partial charge < -0.3 is 19.5 Å². The van der Waals surface area contributed by atoms with Crippen LogP contribution in [-0.2, 0) is 14.9 Å². The van der Waals surface area contributed by atoms with E-state index in [0.29, 0.717) is 6.61 Å². The first-order valence-corrected chi connectivity index (χ1v) is 11.8. The minimum atomic E-state index is -4.68. The van der Waals surface area contributed by atoms with Gasteiger partial charge in [0.2, 0.25) is 0 Å². The number of aliphatic hydroxyl groups is 2. The van der Waals surface area contributed by atoms with Gasteiger partial charge in [0, 0.05) is 13.2 Å². The molecule has 0 saturated heterocycles. The summed E-state index contributed by atoms with van der Waals surface area (Å²) in [5.41, 5.74) is 0. The van der Waals surface area contributed by atoms with E-state index in [-0.39, 0.29) is 42.7 Å². The van der Waals surface area contributed by atoms with Crippen LogP contribution in [0.5, 0.6) is 0 Å². The smallest absolute Gasteiger partial charge is 0.747 e. The van der Waals surface area contributed by atoms with Crippen molar-refractivity contribution in [1.82, 2.24) is 4.90 Å². The van der Waals surface area contributed by atoms with E-state index in [2.05, 4.69) is 6.92 Å². The van der Waals surface area contributed by atoms with Crippen molar-refractivity contribution in [3.63, 3.8) is 0 Å². The van der Waals surface area contributed by atoms with Crippen molar-refractivity contribution in [3.8, 4) is 0 Å². The van der Waals surface area contributed by atoms with Gasteiger partial charge in [-0.15, -0.1) is 0 Å². The van der Waals surface area contributed by atoms with E-state index < -0.39 is 27.7 Å². The van der Waals surface area contributed by atoms with Crippen molar-refractivity contribution in [2.45, 2.75) is 95.6 Å². The van der Waals surface area contributed by atoms with E-state index in [1.54, 1.807) is 0 Å². The summed E-state index contributed by atoms with van der Waals surface area (Å²) in [5.74, 6) is 0. The van der Waals surface area contributed by atoms with Crippen molar-refractivity contribution >= 4 is 10.1 Å². The Hall–Kier alpha value is 0.750. The molecule has 3 atom stereocenters. The van der Waals surface area contributed by atoms with E-state index in [1.165, 1.54) is 65.3 Å². The molecular formula is C19H40NNaO6S. The van der Waals surface area contributed by atoms with Crippen molar-refractivity contribution in [2.75, 3.05) is 26.8 Å². The van der Waals surface area contributed by atoms with Gasteiger partial charge in [-0.1, -0.05) is 64.7 Å². The van der Waals surface area contributed by atoms with Gasteiger partial charge in [0.05, 0.1) is 18.8 Å². The summed E-state index contributed by atoms with van der Waals surface area (Å²) in [6.45, 7) is 4.03. The molecule has 9 heteroatoms. The van der Waals surface area contributed by atoms with Crippen molar-refractivity contribution in [1.29, 1.82) is 0 Å². The number of likely N-dealkylation sites (N-methyl/N-ethyl adjacent to an activating group) is 1. The van der Waals surface area contributed by atoms with Gasteiger partial charge in [0.15, 0.2) is 0 Å². The number of unbranched alkanes of at least 4 members (excludes halogenated alkanes) is 9.